The van der Waals surface area contributed by atoms with Crippen LogP contribution in [0.4, 0.5) is 8.78 Å². The van der Waals surface area contributed by atoms with Gasteiger partial charge in [0, 0.05) is 38.3 Å². The number of nitrogens with zero attached hydrogens (tertiary/aromatic N) is 3. The van der Waals surface area contributed by atoms with Crippen molar-refractivity contribution in [2.45, 2.75) is 83.2 Å². The molecule has 1 unspecified atom stereocenters. The Morgan fingerprint density at radius 3 is 2.45 bits per heavy atom. The molecule has 29 heavy (non-hydrogen) atoms. The van der Waals surface area contributed by atoms with Gasteiger partial charge in [-0.1, -0.05) is 19.3 Å². The van der Waals surface area contributed by atoms with E-state index >= 15 is 0 Å². The molecular formula is C22H41F2N5. The van der Waals surface area contributed by atoms with Crippen LogP contribution in [-0.4, -0.2) is 80.1 Å². The number of hydrogen-bond acceptors (Lipinski definition) is 3. The number of likely N-dealkylation sites (tertiary alicyclic amines) is 2. The minimum absolute atomic E-state index is 0.0978. The summed E-state index contributed by atoms with van der Waals surface area (Å²) >= 11 is 0. The van der Waals surface area contributed by atoms with Crippen molar-refractivity contribution in [3.63, 3.8) is 0 Å². The molecule has 2 saturated heterocycles. The summed E-state index contributed by atoms with van der Waals surface area (Å²) in [6.07, 6.45) is 9.15. The van der Waals surface area contributed by atoms with Gasteiger partial charge in [0.05, 0.1) is 13.1 Å². The molecule has 2 heterocycles. The van der Waals surface area contributed by atoms with E-state index in [-0.39, 0.29) is 6.54 Å². The lowest BCUT2D eigenvalue weighted by Crippen LogP contribution is -2.49. The monoisotopic (exact) mass is 413 g/mol. The molecule has 0 aromatic rings. The molecular weight excluding hydrogens is 372 g/mol. The van der Waals surface area contributed by atoms with Crippen molar-refractivity contribution >= 4 is 5.96 Å². The first-order valence-electron chi connectivity index (χ1n) is 11.9. The molecule has 3 rings (SSSR count). The number of aliphatic imine (C=N–C) groups is 1. The van der Waals surface area contributed by atoms with Crippen LogP contribution in [0.25, 0.3) is 0 Å². The van der Waals surface area contributed by atoms with Gasteiger partial charge in [-0.15, -0.1) is 0 Å². The number of piperidine rings is 1. The van der Waals surface area contributed by atoms with Gasteiger partial charge in [0.2, 0.25) is 0 Å². The molecule has 5 nitrogen and oxygen atoms in total. The fraction of sp³-hybridized carbons (Fsp3) is 0.955. The zero-order valence-corrected chi connectivity index (χ0v) is 18.2. The molecule has 0 bridgehead atoms. The second-order valence-corrected chi connectivity index (χ2v) is 9.12. The Balaban J connectivity index is 1.45. The molecule has 1 atom stereocenters. The van der Waals surface area contributed by atoms with E-state index in [9.17, 15) is 8.78 Å². The third-order valence-corrected chi connectivity index (χ3v) is 6.85. The van der Waals surface area contributed by atoms with E-state index in [4.69, 9.17) is 4.99 Å². The average molecular weight is 414 g/mol. The number of alkyl halides is 2. The molecule has 3 fully saturated rings. The van der Waals surface area contributed by atoms with E-state index in [0.717, 1.165) is 50.9 Å². The topological polar surface area (TPSA) is 42.9 Å². The van der Waals surface area contributed by atoms with E-state index in [1.807, 2.05) is 4.90 Å². The zero-order valence-electron chi connectivity index (χ0n) is 18.2. The Labute approximate surface area is 175 Å². The molecule has 2 N–H and O–H groups in total. The molecule has 1 saturated carbocycles. The smallest absolute Gasteiger partial charge is 0.251 e. The molecule has 7 heteroatoms. The number of halogens is 2. The quantitative estimate of drug-likeness (QED) is 0.473. The van der Waals surface area contributed by atoms with Gasteiger partial charge < -0.3 is 10.6 Å². The van der Waals surface area contributed by atoms with Crippen molar-refractivity contribution in [3.8, 4) is 0 Å². The normalized spacial score (nSPS) is 26.3. The van der Waals surface area contributed by atoms with E-state index in [0.29, 0.717) is 12.1 Å². The van der Waals surface area contributed by atoms with Crippen molar-refractivity contribution in [1.82, 2.24) is 20.4 Å². The Bertz CT molecular complexity index is 488. The standard InChI is InChI=1S/C22H41F2N5/c1-2-25-22(27-19-10-13-28(14-11-19)17-21(23)24)26-15-20-9-6-12-29(20)16-18-7-4-3-5-8-18/h18-21H,2-17H2,1H3,(H2,25,26,27). The summed E-state index contributed by atoms with van der Waals surface area (Å²) in [6, 6.07) is 0.893. The highest BCUT2D eigenvalue weighted by atomic mass is 19.3. The van der Waals surface area contributed by atoms with Gasteiger partial charge >= 0.3 is 0 Å². The zero-order chi connectivity index (χ0) is 20.5. The fourth-order valence-electron chi connectivity index (χ4n) is 5.21. The van der Waals surface area contributed by atoms with Crippen LogP contribution in [0.5, 0.6) is 0 Å². The summed E-state index contributed by atoms with van der Waals surface area (Å²) in [7, 11) is 0. The second-order valence-electron chi connectivity index (χ2n) is 9.12. The molecule has 0 aromatic heterocycles. The minimum atomic E-state index is -2.23. The molecule has 0 radical (unpaired) electrons. The number of nitrogens with one attached hydrogen (secondary N) is 2. The van der Waals surface area contributed by atoms with Gasteiger partial charge in [-0.05, 0) is 57.9 Å². The van der Waals surface area contributed by atoms with Crippen LogP contribution in [0.3, 0.4) is 0 Å². The Kier molecular flexibility index (Phi) is 9.43. The van der Waals surface area contributed by atoms with E-state index in [1.54, 1.807) is 0 Å². The second kappa shape index (κ2) is 12.0. The molecule has 1 aliphatic carbocycles. The van der Waals surface area contributed by atoms with Crippen LogP contribution in [-0.2, 0) is 0 Å². The Morgan fingerprint density at radius 1 is 1.00 bits per heavy atom. The van der Waals surface area contributed by atoms with Gasteiger partial charge in [-0.2, -0.15) is 0 Å². The maximum absolute atomic E-state index is 12.6. The Morgan fingerprint density at radius 2 is 1.76 bits per heavy atom. The third kappa shape index (κ3) is 7.67. The van der Waals surface area contributed by atoms with E-state index < -0.39 is 6.43 Å². The van der Waals surface area contributed by atoms with Gasteiger partial charge in [0.1, 0.15) is 0 Å². The van der Waals surface area contributed by atoms with Gasteiger partial charge in [0.25, 0.3) is 6.43 Å². The van der Waals surface area contributed by atoms with Crippen LogP contribution >= 0.6 is 0 Å². The first kappa shape index (κ1) is 22.7. The van der Waals surface area contributed by atoms with Crippen molar-refractivity contribution in [2.75, 3.05) is 45.8 Å². The summed E-state index contributed by atoms with van der Waals surface area (Å²) in [4.78, 5) is 9.48. The molecule has 168 valence electrons. The maximum Gasteiger partial charge on any atom is 0.251 e. The van der Waals surface area contributed by atoms with Crippen molar-refractivity contribution < 1.29 is 8.78 Å². The molecule has 3 aliphatic rings. The summed E-state index contributed by atoms with van der Waals surface area (Å²) in [5.41, 5.74) is 0. The summed E-state index contributed by atoms with van der Waals surface area (Å²) in [6.45, 7) is 7.64. The lowest BCUT2D eigenvalue weighted by molar-refractivity contribution is 0.0744. The van der Waals surface area contributed by atoms with Crippen LogP contribution in [0.15, 0.2) is 4.99 Å². The highest BCUT2D eigenvalue weighted by molar-refractivity contribution is 5.80. The highest BCUT2D eigenvalue weighted by Crippen LogP contribution is 2.27. The van der Waals surface area contributed by atoms with Crippen LogP contribution in [0.1, 0.15) is 64.7 Å². The SMILES string of the molecule is CCNC(=NCC1CCCN1CC1CCCCC1)NC1CCN(CC(F)F)CC1. The summed E-state index contributed by atoms with van der Waals surface area (Å²) in [5.74, 6) is 1.78. The Hall–Kier alpha value is -0.950. The first-order valence-corrected chi connectivity index (χ1v) is 11.9. The predicted octanol–water partition coefficient (Wildman–Crippen LogP) is 3.32. The minimum Gasteiger partial charge on any atom is -0.357 e. The van der Waals surface area contributed by atoms with Crippen molar-refractivity contribution in [3.05, 3.63) is 0 Å². The highest BCUT2D eigenvalue weighted by Gasteiger charge is 2.27. The van der Waals surface area contributed by atoms with E-state index in [1.165, 1.54) is 58.0 Å². The largest absolute Gasteiger partial charge is 0.357 e. The summed E-state index contributed by atoms with van der Waals surface area (Å²) < 4.78 is 25.1. The number of hydrogen-bond donors (Lipinski definition) is 2. The molecule has 2 aliphatic heterocycles. The van der Waals surface area contributed by atoms with Crippen molar-refractivity contribution in [2.24, 2.45) is 10.9 Å². The van der Waals surface area contributed by atoms with Gasteiger partial charge in [-0.3, -0.25) is 14.8 Å². The van der Waals surface area contributed by atoms with Crippen molar-refractivity contribution in [1.29, 1.82) is 0 Å². The molecule has 0 aromatic carbocycles. The van der Waals surface area contributed by atoms with Gasteiger partial charge in [-0.25, -0.2) is 8.78 Å². The predicted molar refractivity (Wildman–Crippen MR) is 116 cm³/mol. The number of rotatable bonds is 8. The summed E-state index contributed by atoms with van der Waals surface area (Å²) in [5, 5.41) is 6.94. The lowest BCUT2D eigenvalue weighted by atomic mass is 9.89. The van der Waals surface area contributed by atoms with Crippen LogP contribution in [0.2, 0.25) is 0 Å². The maximum atomic E-state index is 12.6. The average Bonchev–Trinajstić information content (AvgIpc) is 3.15. The lowest BCUT2D eigenvalue weighted by Gasteiger charge is -2.33. The molecule has 0 amide bonds. The first-order chi connectivity index (χ1) is 14.1. The fourth-order valence-corrected chi connectivity index (χ4v) is 5.21. The van der Waals surface area contributed by atoms with E-state index in [2.05, 4.69) is 22.5 Å². The van der Waals surface area contributed by atoms with Gasteiger partial charge in [0.15, 0.2) is 5.96 Å². The van der Waals surface area contributed by atoms with Crippen LogP contribution < -0.4 is 10.6 Å². The third-order valence-electron chi connectivity index (χ3n) is 6.85. The van der Waals surface area contributed by atoms with Crippen LogP contribution in [0, 0.1) is 5.92 Å². The molecule has 0 spiro atoms. The number of guanidine groups is 1.